The van der Waals surface area contributed by atoms with Crippen molar-refractivity contribution in [1.29, 1.82) is 0 Å². The fourth-order valence-corrected chi connectivity index (χ4v) is 4.85. The zero-order valence-corrected chi connectivity index (χ0v) is 22.3. The highest BCUT2D eigenvalue weighted by atomic mass is 19.4. The lowest BCUT2D eigenvalue weighted by atomic mass is 9.80. The Balaban J connectivity index is 0.000000427. The summed E-state index contributed by atoms with van der Waals surface area (Å²) in [7, 11) is 1.56. The second-order valence-corrected chi connectivity index (χ2v) is 9.66. The lowest BCUT2D eigenvalue weighted by molar-refractivity contribution is -0.102. The monoisotopic (exact) mass is 523 g/mol. The molecule has 1 heterocycles. The first-order valence-electron chi connectivity index (χ1n) is 12.8. The number of hydrogen-bond donors (Lipinski definition) is 0. The van der Waals surface area contributed by atoms with E-state index in [9.17, 15) is 13.2 Å². The minimum absolute atomic E-state index is 0.108. The van der Waals surface area contributed by atoms with Crippen molar-refractivity contribution in [3.8, 4) is 0 Å². The van der Waals surface area contributed by atoms with Gasteiger partial charge in [0.1, 0.15) is 0 Å². The molecule has 0 fully saturated rings. The molecule has 1 aromatic heterocycles. The maximum atomic E-state index is 14.0. The van der Waals surface area contributed by atoms with Gasteiger partial charge in [0.2, 0.25) is 0 Å². The normalized spacial score (nSPS) is 21.5. The summed E-state index contributed by atoms with van der Waals surface area (Å²) in [5.74, 6) is -0.291. The van der Waals surface area contributed by atoms with Gasteiger partial charge in [-0.2, -0.15) is 13.2 Å². The van der Waals surface area contributed by atoms with Crippen LogP contribution < -0.4 is 0 Å². The minimum atomic E-state index is -4.38. The van der Waals surface area contributed by atoms with Crippen LogP contribution in [0.4, 0.5) is 13.2 Å². The predicted molar refractivity (Wildman–Crippen MR) is 149 cm³/mol. The number of ether oxygens (including phenoxy) is 1. The third-order valence-corrected chi connectivity index (χ3v) is 6.87. The Hall–Kier alpha value is -3.54. The fourth-order valence-electron chi connectivity index (χ4n) is 4.85. The predicted octanol–water partition coefficient (Wildman–Crippen LogP) is 9.44. The van der Waals surface area contributed by atoms with E-state index in [2.05, 4.69) is 24.2 Å². The lowest BCUT2D eigenvalue weighted by Crippen LogP contribution is -2.25. The van der Waals surface area contributed by atoms with Crippen molar-refractivity contribution >= 4 is 17.5 Å². The van der Waals surface area contributed by atoms with Crippen molar-refractivity contribution in [2.75, 3.05) is 7.11 Å². The first kappa shape index (κ1) is 29.0. The molecule has 0 aliphatic heterocycles. The molecule has 4 rings (SSSR count). The van der Waals surface area contributed by atoms with Crippen LogP contribution in [0.2, 0.25) is 0 Å². The SMILES string of the molecule is C=C(CC)N=C(CC1=CC2C=C(c3ccoc3)C=C(C(F)(F)F)C(C2)C(C)C1)OC.C=Cc1ccccc1. The summed E-state index contributed by atoms with van der Waals surface area (Å²) >= 11 is 0. The number of fused-ring (bicyclic) bond motifs is 2. The van der Waals surface area contributed by atoms with Crippen LogP contribution in [-0.4, -0.2) is 19.2 Å². The van der Waals surface area contributed by atoms with Gasteiger partial charge in [0.15, 0.2) is 5.90 Å². The molecule has 2 bridgehead atoms. The van der Waals surface area contributed by atoms with Crippen LogP contribution in [-0.2, 0) is 4.74 Å². The van der Waals surface area contributed by atoms with Gasteiger partial charge in [-0.05, 0) is 60.3 Å². The van der Waals surface area contributed by atoms with Gasteiger partial charge < -0.3 is 9.15 Å². The van der Waals surface area contributed by atoms with Crippen molar-refractivity contribution < 1.29 is 22.3 Å². The molecule has 0 saturated heterocycles. The Morgan fingerprint density at radius 3 is 2.47 bits per heavy atom. The number of halogens is 3. The van der Waals surface area contributed by atoms with Gasteiger partial charge in [-0.15, -0.1) is 0 Å². The van der Waals surface area contributed by atoms with Gasteiger partial charge in [-0.1, -0.05) is 81.1 Å². The van der Waals surface area contributed by atoms with E-state index in [0.29, 0.717) is 48.4 Å². The van der Waals surface area contributed by atoms with Crippen molar-refractivity contribution in [2.45, 2.75) is 45.7 Å². The van der Waals surface area contributed by atoms with E-state index in [0.717, 1.165) is 5.57 Å². The second kappa shape index (κ2) is 13.3. The van der Waals surface area contributed by atoms with Crippen molar-refractivity contribution in [2.24, 2.45) is 22.7 Å². The van der Waals surface area contributed by atoms with Gasteiger partial charge in [-0.25, -0.2) is 4.99 Å². The molecule has 3 atom stereocenters. The van der Waals surface area contributed by atoms with E-state index < -0.39 is 17.7 Å². The van der Waals surface area contributed by atoms with Crippen LogP contribution in [0.1, 0.15) is 50.7 Å². The Morgan fingerprint density at radius 1 is 1.18 bits per heavy atom. The van der Waals surface area contributed by atoms with Crippen molar-refractivity contribution in [1.82, 2.24) is 0 Å². The summed E-state index contributed by atoms with van der Waals surface area (Å²) in [6, 6.07) is 11.7. The number of rotatable bonds is 6. The maximum Gasteiger partial charge on any atom is 0.412 e. The summed E-state index contributed by atoms with van der Waals surface area (Å²) in [6.07, 6.45) is 7.93. The van der Waals surface area contributed by atoms with Crippen molar-refractivity contribution in [3.05, 3.63) is 108 Å². The molecule has 3 nitrogen and oxygen atoms in total. The lowest BCUT2D eigenvalue weighted by Gasteiger charge is -2.27. The second-order valence-electron chi connectivity index (χ2n) is 9.66. The number of allylic oxidation sites excluding steroid dienone is 6. The zero-order chi connectivity index (χ0) is 27.7. The quantitative estimate of drug-likeness (QED) is 0.215. The number of hydrogen-bond acceptors (Lipinski definition) is 3. The molecule has 2 aliphatic carbocycles. The molecular formula is C32H36F3NO2. The largest absolute Gasteiger partial charge is 0.484 e. The Kier molecular flexibility index (Phi) is 10.2. The van der Waals surface area contributed by atoms with Crippen LogP contribution >= 0.6 is 0 Å². The summed E-state index contributed by atoms with van der Waals surface area (Å²) in [4.78, 5) is 4.42. The maximum absolute atomic E-state index is 14.0. The minimum Gasteiger partial charge on any atom is -0.484 e. The third kappa shape index (κ3) is 7.98. The van der Waals surface area contributed by atoms with E-state index in [-0.39, 0.29) is 11.8 Å². The number of benzene rings is 1. The molecule has 3 unspecified atom stereocenters. The smallest absolute Gasteiger partial charge is 0.412 e. The molecule has 38 heavy (non-hydrogen) atoms. The van der Waals surface area contributed by atoms with E-state index in [4.69, 9.17) is 9.15 Å². The number of methoxy groups -OCH3 is 1. The number of nitrogens with zero attached hydrogens (tertiary/aromatic N) is 1. The molecule has 0 spiro atoms. The summed E-state index contributed by atoms with van der Waals surface area (Å²) in [6.45, 7) is 11.4. The summed E-state index contributed by atoms with van der Waals surface area (Å²) in [5, 5.41) is 0. The summed E-state index contributed by atoms with van der Waals surface area (Å²) in [5.41, 5.74) is 3.68. The zero-order valence-electron chi connectivity index (χ0n) is 22.3. The highest BCUT2D eigenvalue weighted by Crippen LogP contribution is 2.46. The van der Waals surface area contributed by atoms with E-state index >= 15 is 0 Å². The van der Waals surface area contributed by atoms with Gasteiger partial charge in [0.05, 0.1) is 19.6 Å². The molecule has 1 aromatic carbocycles. The van der Waals surface area contributed by atoms with Crippen LogP contribution in [0.15, 0.2) is 107 Å². The molecule has 6 heteroatoms. The van der Waals surface area contributed by atoms with Crippen LogP contribution in [0.25, 0.3) is 11.6 Å². The average molecular weight is 524 g/mol. The fraction of sp³-hybridized carbons (Fsp3) is 0.344. The molecule has 0 N–H and O–H groups in total. The van der Waals surface area contributed by atoms with Crippen LogP contribution in [0.5, 0.6) is 0 Å². The number of aliphatic imine (C=N–C) groups is 1. The first-order valence-corrected chi connectivity index (χ1v) is 12.8. The number of alkyl halides is 3. The van der Waals surface area contributed by atoms with Crippen LogP contribution in [0, 0.1) is 17.8 Å². The molecule has 202 valence electrons. The molecule has 2 aromatic rings. The van der Waals surface area contributed by atoms with Gasteiger partial charge >= 0.3 is 6.18 Å². The Bertz CT molecular complexity index is 1200. The molecular weight excluding hydrogens is 487 g/mol. The highest BCUT2D eigenvalue weighted by molar-refractivity contribution is 5.80. The molecule has 2 aliphatic rings. The standard InChI is InChI=1S/C24H28F3NO2.C8H8/c1-5-16(3)28-23(29-4)12-17-8-15(2)21-11-18(9-17)10-20(19-6-7-30-14-19)13-22(21)24(25,26)27;1-2-8-6-4-3-5-7-8/h6-7,9-10,13-15,18,21H,3,5,8,11-12H2,1-2,4H3;2-7H,1H2. The van der Waals surface area contributed by atoms with Crippen molar-refractivity contribution in [3.63, 3.8) is 0 Å². The molecule has 0 radical (unpaired) electrons. The average Bonchev–Trinajstić information content (AvgIpc) is 3.31. The van der Waals surface area contributed by atoms with E-state index in [1.165, 1.54) is 24.2 Å². The Labute approximate surface area is 223 Å². The van der Waals surface area contributed by atoms with Crippen LogP contribution in [0.3, 0.4) is 0 Å². The first-order chi connectivity index (χ1) is 18.1. The van der Waals surface area contributed by atoms with E-state index in [1.807, 2.05) is 56.3 Å². The Morgan fingerprint density at radius 2 is 1.92 bits per heavy atom. The van der Waals surface area contributed by atoms with Gasteiger partial charge in [-0.3, -0.25) is 0 Å². The van der Waals surface area contributed by atoms with Gasteiger partial charge in [0, 0.05) is 23.3 Å². The van der Waals surface area contributed by atoms with Gasteiger partial charge in [0.25, 0.3) is 0 Å². The number of furan rings is 1. The summed E-state index contributed by atoms with van der Waals surface area (Å²) < 4.78 is 52.5. The highest BCUT2D eigenvalue weighted by Gasteiger charge is 2.43. The topological polar surface area (TPSA) is 34.7 Å². The molecule has 0 saturated carbocycles. The molecule has 0 amide bonds. The third-order valence-electron chi connectivity index (χ3n) is 6.87. The van der Waals surface area contributed by atoms with E-state index in [1.54, 1.807) is 13.2 Å².